The van der Waals surface area contributed by atoms with Gasteiger partial charge in [-0.05, 0) is 17.0 Å². The third kappa shape index (κ3) is 4.16. The first-order chi connectivity index (χ1) is 17.6. The molecular formula is C24H27N6O7+. The molecule has 0 saturated carbocycles. The maximum absolute atomic E-state index is 12.8. The van der Waals surface area contributed by atoms with Crippen LogP contribution in [0.5, 0.6) is 5.75 Å². The zero-order valence-corrected chi connectivity index (χ0v) is 20.1. The Hall–Kier alpha value is -4.07. The fourth-order valence-electron chi connectivity index (χ4n) is 4.56. The Morgan fingerprint density at radius 2 is 1.86 bits per heavy atom. The molecule has 1 aliphatic heterocycles. The molecule has 3 heterocycles. The van der Waals surface area contributed by atoms with E-state index in [-0.39, 0.29) is 29.3 Å². The first kappa shape index (κ1) is 24.6. The van der Waals surface area contributed by atoms with Crippen LogP contribution in [0.1, 0.15) is 37.1 Å². The maximum Gasteiger partial charge on any atom is 0.313 e. The quantitative estimate of drug-likeness (QED) is 0.129. The van der Waals surface area contributed by atoms with Crippen molar-refractivity contribution in [2.45, 2.75) is 50.8 Å². The van der Waals surface area contributed by atoms with Crippen LogP contribution in [0.4, 0.5) is 11.6 Å². The molecule has 0 unspecified atom stereocenters. The van der Waals surface area contributed by atoms with Crippen LogP contribution in [-0.2, 0) is 11.3 Å². The molecule has 1 aliphatic rings. The van der Waals surface area contributed by atoms with Crippen LogP contribution in [-0.4, -0.2) is 54.7 Å². The molecular weight excluding hydrogens is 484 g/mol. The van der Waals surface area contributed by atoms with Gasteiger partial charge >= 0.3 is 5.65 Å². The number of aromatic hydroxyl groups is 1. The average molecular weight is 512 g/mol. The van der Waals surface area contributed by atoms with Crippen LogP contribution in [0.15, 0.2) is 45.0 Å². The maximum atomic E-state index is 12.8. The Morgan fingerprint density at radius 3 is 2.51 bits per heavy atom. The van der Waals surface area contributed by atoms with Gasteiger partial charge in [0, 0.05) is 6.54 Å². The molecule has 37 heavy (non-hydrogen) atoms. The van der Waals surface area contributed by atoms with E-state index < -0.39 is 46.7 Å². The standard InChI is InChI=1S/C24H26N6O7/c1-10(2)12-5-3-11(4-6-12)8-29-9-30(21-15(29)22(36)28-24(25)27-21)23-20(35)16(31)13(37-23)7-26-14-17(32)19(34)18(14)33/h3-6,9-10,13,16,20,23,31,35H,7-8H2,1-2H3,(H4-,25,26,27,28,32,33,34,36)/p+1/t13-,16-,20-,23-/m1/s1. The van der Waals surface area contributed by atoms with Crippen LogP contribution in [0.3, 0.4) is 0 Å². The number of aromatic nitrogens is 4. The van der Waals surface area contributed by atoms with Crippen molar-refractivity contribution in [2.24, 2.45) is 0 Å². The van der Waals surface area contributed by atoms with Crippen molar-refractivity contribution in [3.63, 3.8) is 0 Å². The predicted molar refractivity (Wildman–Crippen MR) is 132 cm³/mol. The molecule has 194 valence electrons. The van der Waals surface area contributed by atoms with Crippen molar-refractivity contribution in [3.05, 3.63) is 72.5 Å². The van der Waals surface area contributed by atoms with Crippen LogP contribution in [0.2, 0.25) is 0 Å². The van der Waals surface area contributed by atoms with E-state index in [1.54, 1.807) is 10.9 Å². The summed E-state index contributed by atoms with van der Waals surface area (Å²) in [5.41, 5.74) is 5.60. The monoisotopic (exact) mass is 511 g/mol. The normalized spacial score (nSPS) is 21.9. The summed E-state index contributed by atoms with van der Waals surface area (Å²) in [6.07, 6.45) is -3.42. The summed E-state index contributed by atoms with van der Waals surface area (Å²) in [4.78, 5) is 42.4. The van der Waals surface area contributed by atoms with Gasteiger partial charge in [-0.1, -0.05) is 43.1 Å². The fraction of sp³-hybridized carbons (Fsp3) is 0.375. The number of nitrogen functional groups attached to an aromatic ring is 1. The molecule has 0 amide bonds. The summed E-state index contributed by atoms with van der Waals surface area (Å²) in [5.74, 6) is -0.448. The molecule has 1 saturated heterocycles. The number of nitrogens with two attached hydrogens (primary N) is 1. The molecule has 2 aromatic carbocycles. The summed E-state index contributed by atoms with van der Waals surface area (Å²) in [6.45, 7) is 4.34. The minimum Gasteiger partial charge on any atom is -0.502 e. The van der Waals surface area contributed by atoms with Crippen LogP contribution < -0.4 is 32.0 Å². The first-order valence-corrected chi connectivity index (χ1v) is 11.7. The van der Waals surface area contributed by atoms with Crippen molar-refractivity contribution in [1.29, 1.82) is 0 Å². The number of nitrogens with zero attached hydrogens (tertiary/aromatic N) is 3. The van der Waals surface area contributed by atoms with Gasteiger partial charge in [-0.15, -0.1) is 0 Å². The molecule has 4 aromatic rings. The lowest BCUT2D eigenvalue weighted by atomic mass is 10.0. The number of aromatic amines is 1. The lowest BCUT2D eigenvalue weighted by Gasteiger charge is -2.16. The summed E-state index contributed by atoms with van der Waals surface area (Å²) in [7, 11) is 0. The number of H-pyrrole nitrogens is 1. The molecule has 7 N–H and O–H groups in total. The minimum atomic E-state index is -1.43. The van der Waals surface area contributed by atoms with Gasteiger partial charge < -0.3 is 31.1 Å². The third-order valence-electron chi connectivity index (χ3n) is 6.67. The third-order valence-corrected chi connectivity index (χ3v) is 6.67. The van der Waals surface area contributed by atoms with E-state index in [0.717, 1.165) is 5.56 Å². The lowest BCUT2D eigenvalue weighted by Crippen LogP contribution is -2.46. The van der Waals surface area contributed by atoms with E-state index >= 15 is 0 Å². The van der Waals surface area contributed by atoms with Crippen LogP contribution in [0.25, 0.3) is 11.2 Å². The van der Waals surface area contributed by atoms with Crippen LogP contribution in [0, 0.1) is 0 Å². The molecule has 0 bridgehead atoms. The molecule has 5 rings (SSSR count). The highest BCUT2D eigenvalue weighted by atomic mass is 16.6. The van der Waals surface area contributed by atoms with Gasteiger partial charge in [0.15, 0.2) is 12.1 Å². The second-order valence-electron chi connectivity index (χ2n) is 9.48. The van der Waals surface area contributed by atoms with Gasteiger partial charge in [0.05, 0.1) is 6.54 Å². The van der Waals surface area contributed by atoms with Crippen molar-refractivity contribution < 1.29 is 24.6 Å². The second kappa shape index (κ2) is 9.10. The number of anilines is 2. The summed E-state index contributed by atoms with van der Waals surface area (Å²) < 4.78 is 8.95. The number of nitrogens with one attached hydrogen (secondary N) is 2. The van der Waals surface area contributed by atoms with Crippen molar-refractivity contribution >= 4 is 22.8 Å². The number of benzene rings is 1. The lowest BCUT2D eigenvalue weighted by molar-refractivity contribution is -0.745. The molecule has 13 heteroatoms. The molecule has 2 aromatic heterocycles. The van der Waals surface area contributed by atoms with E-state index in [9.17, 15) is 29.7 Å². The number of rotatable bonds is 7. The van der Waals surface area contributed by atoms with Gasteiger partial charge in [-0.3, -0.25) is 23.9 Å². The Morgan fingerprint density at radius 1 is 1.16 bits per heavy atom. The van der Waals surface area contributed by atoms with Crippen molar-refractivity contribution in [1.82, 2.24) is 14.5 Å². The Bertz CT molecular complexity index is 1600. The van der Waals surface area contributed by atoms with E-state index in [1.807, 2.05) is 24.3 Å². The van der Waals surface area contributed by atoms with Gasteiger partial charge in [-0.25, -0.2) is 4.57 Å². The SMILES string of the molecule is CC(C)c1ccc(Cn2c[n+]([C@@H]3O[C@H](CNc4c(O)c(=O)c4=O)[C@@H](O)[C@H]3O)c3nc(N)[nH]c(=O)c32)cc1. The predicted octanol–water partition coefficient (Wildman–Crippen LogP) is -1.20. The number of aliphatic hydroxyl groups is 2. The van der Waals surface area contributed by atoms with Crippen LogP contribution >= 0.6 is 0 Å². The molecule has 0 spiro atoms. The largest absolute Gasteiger partial charge is 0.502 e. The highest BCUT2D eigenvalue weighted by Gasteiger charge is 2.47. The van der Waals surface area contributed by atoms with E-state index in [1.165, 1.54) is 10.1 Å². The number of aliphatic hydroxyl groups excluding tert-OH is 2. The van der Waals surface area contributed by atoms with E-state index in [4.69, 9.17) is 10.5 Å². The first-order valence-electron chi connectivity index (χ1n) is 11.7. The summed E-state index contributed by atoms with van der Waals surface area (Å²) in [5, 5.41) is 33.5. The fourth-order valence-corrected chi connectivity index (χ4v) is 4.56. The average Bonchev–Trinajstić information content (AvgIpc) is 3.36. The summed E-state index contributed by atoms with van der Waals surface area (Å²) in [6, 6.07) is 7.97. The zero-order chi connectivity index (χ0) is 26.6. The van der Waals surface area contributed by atoms with Crippen molar-refractivity contribution in [2.75, 3.05) is 17.6 Å². The number of fused-ring (bicyclic) bond motifs is 1. The highest BCUT2D eigenvalue weighted by Crippen LogP contribution is 2.28. The van der Waals surface area contributed by atoms with Gasteiger partial charge in [0.2, 0.25) is 11.7 Å². The molecule has 4 atom stereocenters. The summed E-state index contributed by atoms with van der Waals surface area (Å²) >= 11 is 0. The Balaban J connectivity index is 1.46. The van der Waals surface area contributed by atoms with Gasteiger partial charge in [0.1, 0.15) is 24.0 Å². The van der Waals surface area contributed by atoms with Gasteiger partial charge in [-0.2, -0.15) is 0 Å². The van der Waals surface area contributed by atoms with E-state index in [2.05, 4.69) is 29.1 Å². The topological polar surface area (TPSA) is 197 Å². The van der Waals surface area contributed by atoms with Gasteiger partial charge in [0.25, 0.3) is 22.4 Å². The van der Waals surface area contributed by atoms with E-state index in [0.29, 0.717) is 12.5 Å². The van der Waals surface area contributed by atoms with Crippen molar-refractivity contribution in [3.8, 4) is 5.75 Å². The number of ether oxygens (including phenoxy) is 1. The molecule has 13 nitrogen and oxygen atoms in total. The Kier molecular flexibility index (Phi) is 6.06. The second-order valence-corrected chi connectivity index (χ2v) is 9.48. The molecule has 0 aliphatic carbocycles. The highest BCUT2D eigenvalue weighted by molar-refractivity contribution is 5.67. The molecule has 0 radical (unpaired) electrons. The minimum absolute atomic E-state index is 0.132. The molecule has 1 fully saturated rings. The number of imidazole rings is 1. The Labute approximate surface area is 209 Å². The zero-order valence-electron chi connectivity index (χ0n) is 20.1. The number of hydrogen-bond acceptors (Lipinski definition) is 10. The smallest absolute Gasteiger partial charge is 0.313 e. The number of hydrogen-bond donors (Lipinski definition) is 6.